The Bertz CT molecular complexity index is 924. The van der Waals surface area contributed by atoms with Crippen LogP contribution >= 0.6 is 0 Å². The van der Waals surface area contributed by atoms with E-state index in [0.29, 0.717) is 41.5 Å². The van der Waals surface area contributed by atoms with E-state index in [4.69, 9.17) is 19.2 Å². The lowest BCUT2D eigenvalue weighted by Gasteiger charge is -2.19. The third kappa shape index (κ3) is 2.97. The van der Waals surface area contributed by atoms with E-state index in [2.05, 4.69) is 32.9 Å². The number of carbonyl (C=O) groups excluding carboxylic acids is 1. The van der Waals surface area contributed by atoms with Crippen molar-refractivity contribution < 1.29 is 19.0 Å². The van der Waals surface area contributed by atoms with Gasteiger partial charge in [-0.05, 0) is 30.4 Å². The maximum atomic E-state index is 12.7. The van der Waals surface area contributed by atoms with Gasteiger partial charge in [0.2, 0.25) is 6.79 Å². The minimum Gasteiger partial charge on any atom is -0.462 e. The minimum atomic E-state index is -0.350. The van der Waals surface area contributed by atoms with Crippen molar-refractivity contribution in [2.75, 3.05) is 13.4 Å². The van der Waals surface area contributed by atoms with Crippen LogP contribution < -0.4 is 0 Å². The predicted octanol–water partition coefficient (Wildman–Crippen LogP) is 4.15. The van der Waals surface area contributed by atoms with Crippen LogP contribution in [0.2, 0.25) is 0 Å². The van der Waals surface area contributed by atoms with Crippen LogP contribution in [0.3, 0.4) is 0 Å². The Kier molecular flexibility index (Phi) is 4.17. The highest BCUT2D eigenvalue weighted by Crippen LogP contribution is 2.41. The van der Waals surface area contributed by atoms with Gasteiger partial charge in [-0.15, -0.1) is 0 Å². The monoisotopic (exact) mass is 365 g/mol. The Morgan fingerprint density at radius 3 is 2.59 bits per heavy atom. The van der Waals surface area contributed by atoms with Gasteiger partial charge in [0, 0.05) is 11.1 Å². The van der Waals surface area contributed by atoms with Crippen molar-refractivity contribution in [2.24, 2.45) is 4.99 Å². The van der Waals surface area contributed by atoms with Gasteiger partial charge in [0.15, 0.2) is 11.5 Å². The second-order valence-electron chi connectivity index (χ2n) is 7.72. The predicted molar refractivity (Wildman–Crippen MR) is 102 cm³/mol. The standard InChI is InChI=1S/C22H23NO4/c1-5-25-21(24)17-15-10-11-16-20(27-12-26-16)19(15)23-18(17)13-6-8-14(9-7-13)22(2,3)4/h6-9,11H,5,10,12H2,1-4H3. The van der Waals surface area contributed by atoms with Crippen molar-refractivity contribution in [2.45, 2.75) is 39.5 Å². The zero-order chi connectivity index (χ0) is 19.2. The Balaban J connectivity index is 1.82. The lowest BCUT2D eigenvalue weighted by Crippen LogP contribution is -2.17. The van der Waals surface area contributed by atoms with Gasteiger partial charge in [-0.2, -0.15) is 0 Å². The molecule has 0 amide bonds. The first-order chi connectivity index (χ1) is 12.9. The number of hydrogen-bond acceptors (Lipinski definition) is 5. The zero-order valence-electron chi connectivity index (χ0n) is 16.1. The van der Waals surface area contributed by atoms with E-state index < -0.39 is 0 Å². The molecule has 1 aliphatic carbocycles. The van der Waals surface area contributed by atoms with Crippen LogP contribution in [0.25, 0.3) is 0 Å². The molecule has 0 spiro atoms. The number of carbonyl (C=O) groups is 1. The molecule has 1 aromatic carbocycles. The average molecular weight is 365 g/mol. The summed E-state index contributed by atoms with van der Waals surface area (Å²) in [6, 6.07) is 8.21. The Morgan fingerprint density at radius 1 is 1.19 bits per heavy atom. The quantitative estimate of drug-likeness (QED) is 0.755. The van der Waals surface area contributed by atoms with E-state index in [0.717, 1.165) is 11.1 Å². The fourth-order valence-electron chi connectivity index (χ4n) is 3.46. The summed E-state index contributed by atoms with van der Waals surface area (Å²) in [5.41, 5.74) is 4.86. The molecule has 27 heavy (non-hydrogen) atoms. The number of hydrogen-bond donors (Lipinski definition) is 0. The van der Waals surface area contributed by atoms with E-state index >= 15 is 0 Å². The van der Waals surface area contributed by atoms with Crippen molar-refractivity contribution in [1.29, 1.82) is 0 Å². The van der Waals surface area contributed by atoms with Gasteiger partial charge in [0.1, 0.15) is 5.70 Å². The van der Waals surface area contributed by atoms with Crippen LogP contribution in [0.5, 0.6) is 0 Å². The molecule has 2 heterocycles. The smallest absolute Gasteiger partial charge is 0.340 e. The number of rotatable bonds is 3. The van der Waals surface area contributed by atoms with Gasteiger partial charge in [0.25, 0.3) is 0 Å². The average Bonchev–Trinajstić information content (AvgIpc) is 3.25. The van der Waals surface area contributed by atoms with Crippen molar-refractivity contribution in [3.8, 4) is 0 Å². The largest absolute Gasteiger partial charge is 0.462 e. The number of benzene rings is 1. The highest BCUT2D eigenvalue weighted by molar-refractivity contribution is 6.29. The van der Waals surface area contributed by atoms with Crippen molar-refractivity contribution >= 4 is 11.7 Å². The normalized spacial score (nSPS) is 18.4. The number of nitrogens with zero attached hydrogens (tertiary/aromatic N) is 1. The fourth-order valence-corrected chi connectivity index (χ4v) is 3.46. The SMILES string of the molecule is CCOC(=O)C1=C2CC=C3OCOC3=C2N=C1c1ccc(C(C)(C)C)cc1. The summed E-state index contributed by atoms with van der Waals surface area (Å²) < 4.78 is 16.4. The van der Waals surface area contributed by atoms with E-state index in [-0.39, 0.29) is 18.2 Å². The molecule has 5 heteroatoms. The Hall–Kier alpha value is -2.82. The first-order valence-corrected chi connectivity index (χ1v) is 9.21. The van der Waals surface area contributed by atoms with Crippen LogP contribution in [0.1, 0.15) is 45.2 Å². The lowest BCUT2D eigenvalue weighted by molar-refractivity contribution is -0.137. The van der Waals surface area contributed by atoms with Gasteiger partial charge in [0.05, 0.1) is 17.9 Å². The second kappa shape index (κ2) is 6.41. The molecule has 0 N–H and O–H groups in total. The number of ether oxygens (including phenoxy) is 3. The summed E-state index contributed by atoms with van der Waals surface area (Å²) in [5, 5.41) is 0. The summed E-state index contributed by atoms with van der Waals surface area (Å²) in [4.78, 5) is 17.5. The van der Waals surface area contributed by atoms with Gasteiger partial charge < -0.3 is 14.2 Å². The van der Waals surface area contributed by atoms with Crippen LogP contribution in [0.15, 0.2) is 63.7 Å². The molecule has 0 bridgehead atoms. The lowest BCUT2D eigenvalue weighted by atomic mass is 9.86. The van der Waals surface area contributed by atoms with E-state index in [9.17, 15) is 4.79 Å². The first kappa shape index (κ1) is 17.6. The molecular weight excluding hydrogens is 342 g/mol. The molecule has 1 aromatic rings. The topological polar surface area (TPSA) is 57.1 Å². The molecule has 0 unspecified atom stereocenters. The molecule has 3 aliphatic rings. The molecule has 0 atom stereocenters. The number of aliphatic imine (C=N–C) groups is 1. The molecule has 4 rings (SSSR count). The maximum absolute atomic E-state index is 12.7. The van der Waals surface area contributed by atoms with E-state index in [1.165, 1.54) is 5.56 Å². The third-order valence-corrected chi connectivity index (χ3v) is 4.90. The zero-order valence-corrected chi connectivity index (χ0v) is 16.1. The van der Waals surface area contributed by atoms with Gasteiger partial charge in [-0.25, -0.2) is 9.79 Å². The summed E-state index contributed by atoms with van der Waals surface area (Å²) in [6.45, 7) is 8.82. The third-order valence-electron chi connectivity index (χ3n) is 4.90. The summed E-state index contributed by atoms with van der Waals surface area (Å²) in [7, 11) is 0. The van der Waals surface area contributed by atoms with Gasteiger partial charge >= 0.3 is 5.97 Å². The van der Waals surface area contributed by atoms with Crippen molar-refractivity contribution in [1.82, 2.24) is 0 Å². The summed E-state index contributed by atoms with van der Waals surface area (Å²) in [5.74, 6) is 0.960. The van der Waals surface area contributed by atoms with E-state index in [1.807, 2.05) is 18.2 Å². The van der Waals surface area contributed by atoms with Crippen LogP contribution in [-0.4, -0.2) is 25.1 Å². The molecule has 140 valence electrons. The molecule has 0 saturated carbocycles. The van der Waals surface area contributed by atoms with Crippen LogP contribution in [-0.2, 0) is 24.4 Å². The van der Waals surface area contributed by atoms with Crippen LogP contribution in [0, 0.1) is 0 Å². The highest BCUT2D eigenvalue weighted by atomic mass is 16.7. The number of esters is 1. The number of allylic oxidation sites excluding steroid dienone is 2. The molecule has 2 aliphatic heterocycles. The fraction of sp³-hybridized carbons (Fsp3) is 0.364. The molecule has 1 saturated heterocycles. The number of fused-ring (bicyclic) bond motifs is 2. The minimum absolute atomic E-state index is 0.0604. The Morgan fingerprint density at radius 2 is 1.93 bits per heavy atom. The van der Waals surface area contributed by atoms with Crippen molar-refractivity contribution in [3.63, 3.8) is 0 Å². The summed E-state index contributed by atoms with van der Waals surface area (Å²) in [6.07, 6.45) is 2.50. The van der Waals surface area contributed by atoms with Gasteiger partial charge in [-0.1, -0.05) is 45.0 Å². The highest BCUT2D eigenvalue weighted by Gasteiger charge is 2.37. The van der Waals surface area contributed by atoms with E-state index in [1.54, 1.807) is 6.92 Å². The van der Waals surface area contributed by atoms with Gasteiger partial charge in [-0.3, -0.25) is 0 Å². The molecule has 1 fully saturated rings. The first-order valence-electron chi connectivity index (χ1n) is 9.21. The molecule has 0 radical (unpaired) electrons. The van der Waals surface area contributed by atoms with Crippen molar-refractivity contribution in [3.05, 3.63) is 69.8 Å². The molecule has 5 nitrogen and oxygen atoms in total. The Labute approximate surface area is 159 Å². The van der Waals surface area contributed by atoms with Crippen LogP contribution in [0.4, 0.5) is 0 Å². The second-order valence-corrected chi connectivity index (χ2v) is 7.72. The summed E-state index contributed by atoms with van der Waals surface area (Å²) >= 11 is 0. The molecule has 0 aromatic heterocycles. The maximum Gasteiger partial charge on any atom is 0.340 e. The molecular formula is C22H23NO4.